The van der Waals surface area contributed by atoms with E-state index in [1.807, 2.05) is 23.5 Å². The Balaban J connectivity index is 1.01. The zero-order chi connectivity index (χ0) is 37.7. The molecule has 0 N–H and O–H groups in total. The minimum Gasteiger partial charge on any atom is -0.456 e. The maximum absolute atomic E-state index is 6.13. The van der Waals surface area contributed by atoms with Gasteiger partial charge < -0.3 is 9.32 Å². The fraction of sp³-hybridized carbons (Fsp3) is 0. The number of furan rings is 1. The SMILES string of the molecule is c1ccc(-c2ccc(-c3ccccc3N(c3ccc(-c4ccc5oc6ccccc6c5c4)cc3)c3ccc(-c4cccc5c4sc4ccccc45)cc3)cc2)cc1. The number of hydrogen-bond donors (Lipinski definition) is 0. The lowest BCUT2D eigenvalue weighted by Crippen LogP contribution is -2.11. The van der Waals surface area contributed by atoms with Gasteiger partial charge in [-0.3, -0.25) is 0 Å². The molecule has 9 aromatic carbocycles. The first-order chi connectivity index (χ1) is 28.2. The fourth-order valence-electron chi connectivity index (χ4n) is 8.29. The third kappa shape index (κ3) is 5.88. The number of anilines is 3. The average Bonchev–Trinajstić information content (AvgIpc) is 3.86. The van der Waals surface area contributed by atoms with Gasteiger partial charge in [-0.2, -0.15) is 0 Å². The molecular formula is C54H35NOS. The molecule has 0 unspecified atom stereocenters. The van der Waals surface area contributed by atoms with Gasteiger partial charge in [-0.15, -0.1) is 11.3 Å². The Bertz CT molecular complexity index is 3210. The van der Waals surface area contributed by atoms with Crippen LogP contribution < -0.4 is 4.90 Å². The minimum absolute atomic E-state index is 0.906. The van der Waals surface area contributed by atoms with Crippen molar-refractivity contribution in [1.29, 1.82) is 0 Å². The number of thiophene rings is 1. The summed E-state index contributed by atoms with van der Waals surface area (Å²) >= 11 is 1.87. The first-order valence-electron chi connectivity index (χ1n) is 19.3. The lowest BCUT2D eigenvalue weighted by Gasteiger charge is -2.28. The van der Waals surface area contributed by atoms with E-state index in [-0.39, 0.29) is 0 Å². The van der Waals surface area contributed by atoms with Crippen molar-refractivity contribution >= 4 is 70.5 Å². The third-order valence-corrected chi connectivity index (χ3v) is 12.3. The van der Waals surface area contributed by atoms with E-state index in [1.54, 1.807) is 0 Å². The lowest BCUT2D eigenvalue weighted by molar-refractivity contribution is 0.669. The predicted molar refractivity (Wildman–Crippen MR) is 243 cm³/mol. The summed E-state index contributed by atoms with van der Waals surface area (Å²) in [5.74, 6) is 0. The van der Waals surface area contributed by atoms with Crippen LogP contribution in [-0.4, -0.2) is 0 Å². The largest absolute Gasteiger partial charge is 0.456 e. The molecule has 0 amide bonds. The van der Waals surface area contributed by atoms with Crippen molar-refractivity contribution in [3.63, 3.8) is 0 Å². The van der Waals surface area contributed by atoms with Crippen LogP contribution in [0.4, 0.5) is 17.1 Å². The van der Waals surface area contributed by atoms with E-state index in [1.165, 1.54) is 48.0 Å². The minimum atomic E-state index is 0.906. The van der Waals surface area contributed by atoms with E-state index < -0.39 is 0 Å². The summed E-state index contributed by atoms with van der Waals surface area (Å²) in [7, 11) is 0. The van der Waals surface area contributed by atoms with Gasteiger partial charge in [0.05, 0.1) is 5.69 Å². The van der Waals surface area contributed by atoms with Crippen molar-refractivity contribution in [1.82, 2.24) is 0 Å². The van der Waals surface area contributed by atoms with Crippen LogP contribution in [0.2, 0.25) is 0 Å². The van der Waals surface area contributed by atoms with Crippen LogP contribution in [0.1, 0.15) is 0 Å². The lowest BCUT2D eigenvalue weighted by atomic mass is 9.97. The van der Waals surface area contributed by atoms with Crippen molar-refractivity contribution in [2.45, 2.75) is 0 Å². The van der Waals surface area contributed by atoms with Crippen LogP contribution in [0.15, 0.2) is 217 Å². The van der Waals surface area contributed by atoms with Gasteiger partial charge in [-0.1, -0.05) is 158 Å². The van der Waals surface area contributed by atoms with Crippen molar-refractivity contribution < 1.29 is 4.42 Å². The molecule has 0 aliphatic rings. The second-order valence-corrected chi connectivity index (χ2v) is 15.5. The van der Waals surface area contributed by atoms with Crippen LogP contribution >= 0.6 is 11.3 Å². The molecule has 2 nitrogen and oxygen atoms in total. The van der Waals surface area contributed by atoms with Gasteiger partial charge in [0.1, 0.15) is 11.2 Å². The van der Waals surface area contributed by atoms with Gasteiger partial charge in [0.2, 0.25) is 0 Å². The second-order valence-electron chi connectivity index (χ2n) is 14.5. The average molecular weight is 746 g/mol. The Morgan fingerprint density at radius 2 is 0.860 bits per heavy atom. The highest BCUT2D eigenvalue weighted by Gasteiger charge is 2.19. The summed E-state index contributed by atoms with van der Waals surface area (Å²) in [6.07, 6.45) is 0. The van der Waals surface area contributed by atoms with Crippen molar-refractivity contribution in [3.05, 3.63) is 212 Å². The van der Waals surface area contributed by atoms with E-state index >= 15 is 0 Å². The monoisotopic (exact) mass is 745 g/mol. The summed E-state index contributed by atoms with van der Waals surface area (Å²) in [6.45, 7) is 0. The summed E-state index contributed by atoms with van der Waals surface area (Å²) < 4.78 is 8.77. The fourth-order valence-corrected chi connectivity index (χ4v) is 9.52. The Kier molecular flexibility index (Phi) is 8.04. The molecule has 268 valence electrons. The van der Waals surface area contributed by atoms with Crippen molar-refractivity contribution in [3.8, 4) is 44.5 Å². The highest BCUT2D eigenvalue weighted by atomic mass is 32.1. The van der Waals surface area contributed by atoms with E-state index in [9.17, 15) is 0 Å². The second kappa shape index (κ2) is 13.8. The maximum atomic E-state index is 6.13. The molecule has 0 radical (unpaired) electrons. The number of nitrogens with zero attached hydrogens (tertiary/aromatic N) is 1. The third-order valence-electron chi connectivity index (χ3n) is 11.1. The molecule has 11 aromatic rings. The van der Waals surface area contributed by atoms with E-state index in [0.717, 1.165) is 55.7 Å². The van der Waals surface area contributed by atoms with Crippen molar-refractivity contribution in [2.24, 2.45) is 0 Å². The molecule has 0 bridgehead atoms. The summed E-state index contributed by atoms with van der Waals surface area (Å²) in [6, 6.07) is 76.4. The van der Waals surface area contributed by atoms with Crippen LogP contribution in [0, 0.1) is 0 Å². The molecule has 0 aliphatic heterocycles. The summed E-state index contributed by atoms with van der Waals surface area (Å²) in [5, 5.41) is 4.90. The van der Waals surface area contributed by atoms with Crippen LogP contribution in [0.3, 0.4) is 0 Å². The smallest absolute Gasteiger partial charge is 0.135 e. The van der Waals surface area contributed by atoms with E-state index in [4.69, 9.17) is 4.42 Å². The van der Waals surface area contributed by atoms with Gasteiger partial charge in [0.15, 0.2) is 0 Å². The Hall–Kier alpha value is -7.20. The van der Waals surface area contributed by atoms with E-state index in [2.05, 4.69) is 205 Å². The molecule has 57 heavy (non-hydrogen) atoms. The highest BCUT2D eigenvalue weighted by Crippen LogP contribution is 2.44. The predicted octanol–water partition coefficient (Wildman–Crippen LogP) is 16.1. The molecule has 0 fully saturated rings. The zero-order valence-corrected chi connectivity index (χ0v) is 31.8. The molecule has 3 heteroatoms. The topological polar surface area (TPSA) is 16.4 Å². The highest BCUT2D eigenvalue weighted by molar-refractivity contribution is 7.26. The molecule has 2 aromatic heterocycles. The normalized spacial score (nSPS) is 11.5. The molecule has 0 aliphatic carbocycles. The van der Waals surface area contributed by atoms with Crippen LogP contribution in [0.5, 0.6) is 0 Å². The van der Waals surface area contributed by atoms with Crippen molar-refractivity contribution in [2.75, 3.05) is 4.90 Å². The van der Waals surface area contributed by atoms with Gasteiger partial charge in [0.25, 0.3) is 0 Å². The summed E-state index contributed by atoms with van der Waals surface area (Å²) in [4.78, 5) is 2.39. The zero-order valence-electron chi connectivity index (χ0n) is 31.0. The Labute approximate surface area is 335 Å². The van der Waals surface area contributed by atoms with Crippen LogP contribution in [0.25, 0.3) is 86.6 Å². The first-order valence-corrected chi connectivity index (χ1v) is 20.1. The molecule has 2 heterocycles. The summed E-state index contributed by atoms with van der Waals surface area (Å²) in [5.41, 5.74) is 14.6. The standard InChI is InChI=1S/C54H35NOS/c1-2-11-36(12-3-1)37-21-23-39(24-22-37)44-13-4-7-18-50(44)55(42-30-25-38(26-31-42)41-29-34-52-49(35-41)46-14-5-8-19-51(46)56-52)43-32-27-40(28-33-43)45-16-10-17-48-47-15-6-9-20-53(47)57-54(45)48/h1-35H. The van der Waals surface area contributed by atoms with E-state index in [0.29, 0.717) is 0 Å². The maximum Gasteiger partial charge on any atom is 0.135 e. The molecule has 0 saturated carbocycles. The van der Waals surface area contributed by atoms with Gasteiger partial charge in [0, 0.05) is 47.9 Å². The molecule has 0 atom stereocenters. The molecular weight excluding hydrogens is 711 g/mol. The number of benzene rings is 9. The number of hydrogen-bond acceptors (Lipinski definition) is 3. The first kappa shape index (κ1) is 33.2. The van der Waals surface area contributed by atoms with Gasteiger partial charge >= 0.3 is 0 Å². The number of rotatable bonds is 7. The number of para-hydroxylation sites is 2. The Morgan fingerprint density at radius 1 is 0.333 bits per heavy atom. The quantitative estimate of drug-likeness (QED) is 0.162. The molecule has 11 rings (SSSR count). The molecule has 0 saturated heterocycles. The van der Waals surface area contributed by atoms with Gasteiger partial charge in [-0.05, 0) is 93.5 Å². The number of fused-ring (bicyclic) bond motifs is 6. The Morgan fingerprint density at radius 3 is 1.67 bits per heavy atom. The molecule has 0 spiro atoms. The van der Waals surface area contributed by atoms with Crippen LogP contribution in [-0.2, 0) is 0 Å². The van der Waals surface area contributed by atoms with Gasteiger partial charge in [-0.25, -0.2) is 0 Å².